The molecule has 11 heteroatoms. The van der Waals surface area contributed by atoms with Crippen molar-refractivity contribution in [3.63, 3.8) is 0 Å². The minimum Gasteiger partial charge on any atom is -0.462 e. The molecule has 0 aromatic carbocycles. The number of esters is 1. The third kappa shape index (κ3) is 4.65. The van der Waals surface area contributed by atoms with Crippen LogP contribution in [0.25, 0.3) is 0 Å². The van der Waals surface area contributed by atoms with Gasteiger partial charge in [0.2, 0.25) is 11.0 Å². The highest BCUT2D eigenvalue weighted by Crippen LogP contribution is 2.30. The van der Waals surface area contributed by atoms with Gasteiger partial charge in [0.1, 0.15) is 4.88 Å². The van der Waals surface area contributed by atoms with Gasteiger partial charge in [-0.1, -0.05) is 41.4 Å². The smallest absolute Gasteiger partial charge is 0.350 e. The van der Waals surface area contributed by atoms with E-state index in [4.69, 9.17) is 10.5 Å². The minimum atomic E-state index is -0.432. The Labute approximate surface area is 151 Å². The minimum absolute atomic E-state index is 0.208. The fourth-order valence-electron chi connectivity index (χ4n) is 1.73. The van der Waals surface area contributed by atoms with E-state index in [1.165, 1.54) is 23.1 Å². The number of rotatable bonds is 7. The fraction of sp³-hybridized carbons (Fsp3) is 0.462. The zero-order valence-electron chi connectivity index (χ0n) is 13.4. The van der Waals surface area contributed by atoms with E-state index in [-0.39, 0.29) is 17.8 Å². The molecule has 0 saturated heterocycles. The number of hydrogen-bond donors (Lipinski definition) is 2. The van der Waals surface area contributed by atoms with Gasteiger partial charge in [0.15, 0.2) is 9.47 Å². The molecule has 130 valence electrons. The van der Waals surface area contributed by atoms with E-state index in [0.717, 1.165) is 11.3 Å². The number of nitrogens with one attached hydrogen (secondary N) is 1. The van der Waals surface area contributed by atoms with Crippen LogP contribution in [0.2, 0.25) is 0 Å². The number of thioether (sulfide) groups is 1. The van der Waals surface area contributed by atoms with Crippen LogP contribution in [0.3, 0.4) is 0 Å². The Morgan fingerprint density at radius 3 is 2.67 bits per heavy atom. The fourth-order valence-corrected chi connectivity index (χ4v) is 4.40. The van der Waals surface area contributed by atoms with Crippen molar-refractivity contribution in [2.75, 3.05) is 17.7 Å². The Bertz CT molecular complexity index is 730. The third-order valence-electron chi connectivity index (χ3n) is 2.82. The molecule has 0 aliphatic carbocycles. The number of carbonyl (C=O) groups is 2. The summed E-state index contributed by atoms with van der Waals surface area (Å²) in [6.07, 6.45) is 0.602. The van der Waals surface area contributed by atoms with E-state index in [1.54, 1.807) is 13.8 Å². The summed E-state index contributed by atoms with van der Waals surface area (Å²) >= 11 is 3.64. The Morgan fingerprint density at radius 1 is 1.33 bits per heavy atom. The Hall–Kier alpha value is -1.72. The Kier molecular flexibility index (Phi) is 6.52. The SMILES string of the molecule is CCOC(=O)c1sc(NC(=O)[C@@H](CC)Sc2nnc(N)s2)nc1C. The maximum absolute atomic E-state index is 12.4. The van der Waals surface area contributed by atoms with Crippen molar-refractivity contribution in [2.45, 2.75) is 36.8 Å². The Balaban J connectivity index is 2.04. The summed E-state index contributed by atoms with van der Waals surface area (Å²) in [7, 11) is 0. The quantitative estimate of drug-likeness (QED) is 0.549. The van der Waals surface area contributed by atoms with E-state index in [1.807, 2.05) is 6.92 Å². The van der Waals surface area contributed by atoms with E-state index in [0.29, 0.717) is 31.6 Å². The largest absolute Gasteiger partial charge is 0.462 e. The lowest BCUT2D eigenvalue weighted by molar-refractivity contribution is -0.115. The maximum atomic E-state index is 12.4. The molecule has 2 aromatic rings. The summed E-state index contributed by atoms with van der Waals surface area (Å²) in [6.45, 7) is 5.63. The van der Waals surface area contributed by atoms with Gasteiger partial charge in [-0.2, -0.15) is 0 Å². The first-order valence-electron chi connectivity index (χ1n) is 7.15. The number of ether oxygens (including phenoxy) is 1. The number of aromatic nitrogens is 3. The molecule has 0 aliphatic rings. The second-order valence-electron chi connectivity index (χ2n) is 4.56. The molecular weight excluding hydrogens is 370 g/mol. The van der Waals surface area contributed by atoms with Crippen molar-refractivity contribution in [2.24, 2.45) is 0 Å². The molecule has 2 aromatic heterocycles. The molecule has 0 saturated carbocycles. The second kappa shape index (κ2) is 8.40. The molecule has 0 bridgehead atoms. The number of nitrogens with two attached hydrogens (primary N) is 1. The molecule has 2 heterocycles. The number of thiazole rings is 1. The number of aryl methyl sites for hydroxylation is 1. The molecule has 24 heavy (non-hydrogen) atoms. The van der Waals surface area contributed by atoms with Crippen molar-refractivity contribution < 1.29 is 14.3 Å². The zero-order valence-corrected chi connectivity index (χ0v) is 15.8. The van der Waals surface area contributed by atoms with Crippen LogP contribution in [-0.2, 0) is 9.53 Å². The van der Waals surface area contributed by atoms with Gasteiger partial charge in [-0.25, -0.2) is 9.78 Å². The molecule has 1 atom stereocenters. The summed E-state index contributed by atoms with van der Waals surface area (Å²) in [5.74, 6) is -0.640. The topological polar surface area (TPSA) is 120 Å². The van der Waals surface area contributed by atoms with Gasteiger partial charge in [0, 0.05) is 0 Å². The van der Waals surface area contributed by atoms with Crippen LogP contribution in [0, 0.1) is 6.92 Å². The van der Waals surface area contributed by atoms with Crippen LogP contribution < -0.4 is 11.1 Å². The number of nitrogen functional groups attached to an aromatic ring is 1. The van der Waals surface area contributed by atoms with Gasteiger partial charge in [-0.15, -0.1) is 10.2 Å². The number of hydrogen-bond acceptors (Lipinski definition) is 10. The average Bonchev–Trinajstić information content (AvgIpc) is 3.10. The molecule has 8 nitrogen and oxygen atoms in total. The third-order valence-corrected chi connectivity index (χ3v) is 6.07. The average molecular weight is 388 g/mol. The molecule has 0 unspecified atom stereocenters. The normalized spacial score (nSPS) is 12.0. The first-order chi connectivity index (χ1) is 11.4. The molecule has 0 spiro atoms. The van der Waals surface area contributed by atoms with Crippen molar-refractivity contribution in [1.29, 1.82) is 0 Å². The second-order valence-corrected chi connectivity index (χ2v) is 8.02. The number of anilines is 2. The lowest BCUT2D eigenvalue weighted by Crippen LogP contribution is -2.24. The monoisotopic (exact) mass is 387 g/mol. The van der Waals surface area contributed by atoms with E-state index in [2.05, 4.69) is 20.5 Å². The lowest BCUT2D eigenvalue weighted by Gasteiger charge is -2.11. The lowest BCUT2D eigenvalue weighted by atomic mass is 10.3. The molecule has 0 aliphatic heterocycles. The summed E-state index contributed by atoms with van der Waals surface area (Å²) < 4.78 is 5.60. The summed E-state index contributed by atoms with van der Waals surface area (Å²) in [4.78, 5) is 28.8. The summed E-state index contributed by atoms with van der Waals surface area (Å²) in [5, 5.41) is 10.8. The number of carbonyl (C=O) groups excluding carboxylic acids is 2. The molecule has 3 N–H and O–H groups in total. The highest BCUT2D eigenvalue weighted by Gasteiger charge is 2.23. The molecule has 0 fully saturated rings. The molecular formula is C13H17N5O3S3. The molecule has 1 amide bonds. The maximum Gasteiger partial charge on any atom is 0.350 e. The highest BCUT2D eigenvalue weighted by atomic mass is 32.2. The first-order valence-corrected chi connectivity index (χ1v) is 9.66. The van der Waals surface area contributed by atoms with Gasteiger partial charge in [0.05, 0.1) is 17.6 Å². The van der Waals surface area contributed by atoms with Gasteiger partial charge in [-0.05, 0) is 20.3 Å². The van der Waals surface area contributed by atoms with Gasteiger partial charge >= 0.3 is 5.97 Å². The predicted octanol–water partition coefficient (Wildman–Crippen LogP) is 2.57. The van der Waals surface area contributed by atoms with Crippen molar-refractivity contribution in [3.05, 3.63) is 10.6 Å². The van der Waals surface area contributed by atoms with Crippen molar-refractivity contribution in [3.8, 4) is 0 Å². The van der Waals surface area contributed by atoms with Gasteiger partial charge in [-0.3, -0.25) is 4.79 Å². The van der Waals surface area contributed by atoms with Crippen LogP contribution in [0.4, 0.5) is 10.3 Å². The molecule has 2 rings (SSSR count). The number of nitrogens with zero attached hydrogens (tertiary/aromatic N) is 3. The van der Waals surface area contributed by atoms with E-state index in [9.17, 15) is 9.59 Å². The summed E-state index contributed by atoms with van der Waals surface area (Å²) in [6, 6.07) is 0. The first kappa shape index (κ1) is 18.6. The van der Waals surface area contributed by atoms with Crippen LogP contribution in [0.15, 0.2) is 4.34 Å². The van der Waals surface area contributed by atoms with Crippen molar-refractivity contribution in [1.82, 2.24) is 15.2 Å². The van der Waals surface area contributed by atoms with Gasteiger partial charge in [0.25, 0.3) is 0 Å². The van der Waals surface area contributed by atoms with Crippen LogP contribution in [0.1, 0.15) is 35.6 Å². The van der Waals surface area contributed by atoms with E-state index < -0.39 is 5.97 Å². The number of amides is 1. The Morgan fingerprint density at radius 2 is 2.08 bits per heavy atom. The summed E-state index contributed by atoms with van der Waals surface area (Å²) in [5.41, 5.74) is 6.08. The van der Waals surface area contributed by atoms with Crippen LogP contribution >= 0.6 is 34.4 Å². The van der Waals surface area contributed by atoms with Crippen LogP contribution in [-0.4, -0.2) is 38.9 Å². The predicted molar refractivity (Wildman–Crippen MR) is 95.7 cm³/mol. The van der Waals surface area contributed by atoms with Crippen LogP contribution in [0.5, 0.6) is 0 Å². The highest BCUT2D eigenvalue weighted by molar-refractivity contribution is 8.02. The molecule has 0 radical (unpaired) electrons. The standard InChI is InChI=1S/C13H17N5O3S3/c1-4-7(22-13-18-17-11(14)24-13)9(19)16-12-15-6(3)8(23-12)10(20)21-5-2/h7H,4-5H2,1-3H3,(H2,14,17)(H,15,16,19)/t7-/m1/s1. The van der Waals surface area contributed by atoms with E-state index >= 15 is 0 Å². The van der Waals surface area contributed by atoms with Crippen molar-refractivity contribution >= 4 is 56.6 Å². The van der Waals surface area contributed by atoms with Gasteiger partial charge < -0.3 is 15.8 Å². The zero-order chi connectivity index (χ0) is 17.7.